The summed E-state index contributed by atoms with van der Waals surface area (Å²) < 4.78 is 11.1. The van der Waals surface area contributed by atoms with E-state index in [1.165, 1.54) is 5.56 Å². The van der Waals surface area contributed by atoms with Gasteiger partial charge in [-0.3, -0.25) is 0 Å². The predicted octanol–water partition coefficient (Wildman–Crippen LogP) is 2.59. The number of nitrogens with one attached hydrogen (secondary N) is 1. The van der Waals surface area contributed by atoms with Crippen LogP contribution < -0.4 is 5.32 Å². The first kappa shape index (κ1) is 13.0. The Hall–Kier alpha value is -0.420. The number of rotatable bonds is 5. The Labute approximate surface area is 107 Å². The molecule has 0 aliphatic carbocycles. The van der Waals surface area contributed by atoms with Crippen LogP contribution in [0.2, 0.25) is 0 Å². The van der Waals surface area contributed by atoms with Crippen molar-refractivity contribution in [2.24, 2.45) is 0 Å². The summed E-state index contributed by atoms with van der Waals surface area (Å²) in [6.07, 6.45) is 1.96. The van der Waals surface area contributed by atoms with Gasteiger partial charge in [0.25, 0.3) is 0 Å². The first-order chi connectivity index (χ1) is 8.26. The van der Waals surface area contributed by atoms with Crippen LogP contribution in [0.4, 0.5) is 0 Å². The second-order valence-electron chi connectivity index (χ2n) is 4.66. The van der Waals surface area contributed by atoms with Crippen LogP contribution in [-0.4, -0.2) is 32.5 Å². The molecular weight excluding hydrogens is 234 g/mol. The lowest BCUT2D eigenvalue weighted by atomic mass is 9.93. The summed E-state index contributed by atoms with van der Waals surface area (Å²) in [5, 5.41) is 7.89. The van der Waals surface area contributed by atoms with Gasteiger partial charge in [-0.2, -0.15) is 11.3 Å². The van der Waals surface area contributed by atoms with Crippen molar-refractivity contribution in [2.75, 3.05) is 26.9 Å². The number of hydrogen-bond acceptors (Lipinski definition) is 4. The van der Waals surface area contributed by atoms with Gasteiger partial charge in [-0.1, -0.05) is 0 Å². The molecule has 2 heterocycles. The van der Waals surface area contributed by atoms with Gasteiger partial charge >= 0.3 is 0 Å². The van der Waals surface area contributed by atoms with Gasteiger partial charge in [0, 0.05) is 45.8 Å². The molecule has 2 rings (SSSR count). The molecule has 0 radical (unpaired) electrons. The van der Waals surface area contributed by atoms with Crippen molar-refractivity contribution in [3.8, 4) is 0 Å². The molecule has 0 spiro atoms. The maximum absolute atomic E-state index is 5.71. The average Bonchev–Trinajstić information content (AvgIpc) is 2.91. The molecule has 1 fully saturated rings. The van der Waals surface area contributed by atoms with Crippen LogP contribution in [0, 0.1) is 0 Å². The molecule has 0 saturated carbocycles. The zero-order valence-electron chi connectivity index (χ0n) is 10.6. The summed E-state index contributed by atoms with van der Waals surface area (Å²) in [4.78, 5) is 0. The van der Waals surface area contributed by atoms with Gasteiger partial charge in [0.1, 0.15) is 0 Å². The Balaban J connectivity index is 1.87. The third kappa shape index (κ3) is 3.28. The van der Waals surface area contributed by atoms with Gasteiger partial charge in [-0.15, -0.1) is 0 Å². The topological polar surface area (TPSA) is 30.5 Å². The highest BCUT2D eigenvalue weighted by molar-refractivity contribution is 7.07. The smallest absolute Gasteiger partial charge is 0.0846 e. The zero-order valence-corrected chi connectivity index (χ0v) is 11.4. The van der Waals surface area contributed by atoms with Gasteiger partial charge in [0.2, 0.25) is 0 Å². The lowest BCUT2D eigenvalue weighted by Crippen LogP contribution is -2.47. The van der Waals surface area contributed by atoms with Crippen molar-refractivity contribution in [3.63, 3.8) is 0 Å². The summed E-state index contributed by atoms with van der Waals surface area (Å²) in [6.45, 7) is 4.71. The SMILES string of the molecule is COC1(CN[C@H](C)c2ccsc2)CCOCC1. The lowest BCUT2D eigenvalue weighted by Gasteiger charge is -2.36. The summed E-state index contributed by atoms with van der Waals surface area (Å²) >= 11 is 1.74. The summed E-state index contributed by atoms with van der Waals surface area (Å²) in [5.74, 6) is 0. The van der Waals surface area contributed by atoms with Crippen LogP contribution in [0.5, 0.6) is 0 Å². The monoisotopic (exact) mass is 255 g/mol. The van der Waals surface area contributed by atoms with E-state index >= 15 is 0 Å². The molecule has 0 bridgehead atoms. The molecule has 1 aliphatic rings. The molecule has 1 saturated heterocycles. The van der Waals surface area contributed by atoms with Crippen molar-refractivity contribution in [3.05, 3.63) is 22.4 Å². The van der Waals surface area contributed by atoms with Crippen LogP contribution >= 0.6 is 11.3 Å². The quantitative estimate of drug-likeness (QED) is 0.877. The second kappa shape index (κ2) is 5.96. The van der Waals surface area contributed by atoms with Crippen LogP contribution in [0.3, 0.4) is 0 Å². The predicted molar refractivity (Wildman–Crippen MR) is 70.5 cm³/mol. The highest BCUT2D eigenvalue weighted by atomic mass is 32.1. The van der Waals surface area contributed by atoms with Gasteiger partial charge in [-0.05, 0) is 29.3 Å². The van der Waals surface area contributed by atoms with Gasteiger partial charge < -0.3 is 14.8 Å². The van der Waals surface area contributed by atoms with Crippen molar-refractivity contribution >= 4 is 11.3 Å². The Morgan fingerprint density at radius 3 is 2.88 bits per heavy atom. The fourth-order valence-corrected chi connectivity index (χ4v) is 2.93. The molecule has 4 heteroatoms. The molecule has 0 aromatic carbocycles. The lowest BCUT2D eigenvalue weighted by molar-refractivity contribution is -0.0885. The van der Waals surface area contributed by atoms with Crippen LogP contribution in [0.1, 0.15) is 31.4 Å². The van der Waals surface area contributed by atoms with E-state index in [-0.39, 0.29) is 5.60 Å². The van der Waals surface area contributed by atoms with E-state index in [1.54, 1.807) is 11.3 Å². The average molecular weight is 255 g/mol. The first-order valence-electron chi connectivity index (χ1n) is 6.14. The van der Waals surface area contributed by atoms with Gasteiger partial charge in [-0.25, -0.2) is 0 Å². The highest BCUT2D eigenvalue weighted by Gasteiger charge is 2.32. The third-order valence-corrected chi connectivity index (χ3v) is 4.31. The van der Waals surface area contributed by atoms with Crippen LogP contribution in [-0.2, 0) is 9.47 Å². The summed E-state index contributed by atoms with van der Waals surface area (Å²) in [5.41, 5.74) is 1.32. The van der Waals surface area contributed by atoms with E-state index in [4.69, 9.17) is 9.47 Å². The van der Waals surface area contributed by atoms with Crippen molar-refractivity contribution in [1.82, 2.24) is 5.32 Å². The van der Waals surface area contributed by atoms with Crippen LogP contribution in [0.15, 0.2) is 16.8 Å². The normalized spacial score (nSPS) is 21.3. The Morgan fingerprint density at radius 2 is 2.29 bits per heavy atom. The molecule has 1 aromatic rings. The molecule has 96 valence electrons. The molecule has 1 aromatic heterocycles. The Morgan fingerprint density at radius 1 is 1.53 bits per heavy atom. The minimum atomic E-state index is -0.0392. The summed E-state index contributed by atoms with van der Waals surface area (Å²) in [6, 6.07) is 2.56. The largest absolute Gasteiger partial charge is 0.381 e. The van der Waals surface area contributed by atoms with E-state index in [1.807, 2.05) is 7.11 Å². The molecule has 0 amide bonds. The number of ether oxygens (including phenoxy) is 2. The molecule has 0 unspecified atom stereocenters. The minimum Gasteiger partial charge on any atom is -0.381 e. The van der Waals surface area contributed by atoms with E-state index in [2.05, 4.69) is 29.1 Å². The van der Waals surface area contributed by atoms with Crippen LogP contribution in [0.25, 0.3) is 0 Å². The number of methoxy groups -OCH3 is 1. The molecule has 3 nitrogen and oxygen atoms in total. The van der Waals surface area contributed by atoms with Crippen molar-refractivity contribution in [1.29, 1.82) is 0 Å². The van der Waals surface area contributed by atoms with E-state index in [0.29, 0.717) is 6.04 Å². The minimum absolute atomic E-state index is 0.0392. The first-order valence-corrected chi connectivity index (χ1v) is 7.08. The zero-order chi connectivity index (χ0) is 12.1. The number of thiophene rings is 1. The Kier molecular flexibility index (Phi) is 4.56. The second-order valence-corrected chi connectivity index (χ2v) is 5.44. The molecule has 1 aliphatic heterocycles. The van der Waals surface area contributed by atoms with Gasteiger partial charge in [0.15, 0.2) is 0 Å². The molecule has 17 heavy (non-hydrogen) atoms. The maximum Gasteiger partial charge on any atom is 0.0846 e. The summed E-state index contributed by atoms with van der Waals surface area (Å²) in [7, 11) is 1.81. The van der Waals surface area contributed by atoms with E-state index in [0.717, 1.165) is 32.6 Å². The fourth-order valence-electron chi connectivity index (χ4n) is 2.17. The number of hydrogen-bond donors (Lipinski definition) is 1. The van der Waals surface area contributed by atoms with Crippen molar-refractivity contribution < 1.29 is 9.47 Å². The van der Waals surface area contributed by atoms with E-state index in [9.17, 15) is 0 Å². The Bertz CT molecular complexity index is 320. The van der Waals surface area contributed by atoms with Crippen molar-refractivity contribution in [2.45, 2.75) is 31.4 Å². The molecular formula is C13H21NO2S. The highest BCUT2D eigenvalue weighted by Crippen LogP contribution is 2.25. The van der Waals surface area contributed by atoms with Gasteiger partial charge in [0.05, 0.1) is 5.60 Å². The third-order valence-electron chi connectivity index (χ3n) is 3.61. The molecule has 1 atom stereocenters. The fraction of sp³-hybridized carbons (Fsp3) is 0.692. The molecule has 1 N–H and O–H groups in total. The maximum atomic E-state index is 5.71. The standard InChI is InChI=1S/C13H21NO2S/c1-11(12-3-8-17-9-12)14-10-13(15-2)4-6-16-7-5-13/h3,8-9,11,14H,4-7,10H2,1-2H3/t11-/m1/s1. The van der Waals surface area contributed by atoms with E-state index < -0.39 is 0 Å².